The second-order valence-corrected chi connectivity index (χ2v) is 11.3. The molecule has 186 valence electrons. The average molecular weight is 503 g/mol. The molecule has 0 radical (unpaired) electrons. The summed E-state index contributed by atoms with van der Waals surface area (Å²) < 4.78 is 7.74. The highest BCUT2D eigenvalue weighted by atomic mass is 32.1. The number of benzene rings is 2. The van der Waals surface area contributed by atoms with Gasteiger partial charge in [-0.15, -0.1) is 0 Å². The summed E-state index contributed by atoms with van der Waals surface area (Å²) in [7, 11) is 1.95. The van der Waals surface area contributed by atoms with Crippen LogP contribution in [0.4, 0.5) is 16.5 Å². The van der Waals surface area contributed by atoms with E-state index in [1.807, 2.05) is 31.8 Å². The number of morpholine rings is 1. The summed E-state index contributed by atoms with van der Waals surface area (Å²) in [6, 6.07) is 15.0. The number of hydrogen-bond donors (Lipinski definition) is 2. The van der Waals surface area contributed by atoms with Crippen molar-refractivity contribution >= 4 is 44.7 Å². The van der Waals surface area contributed by atoms with Crippen LogP contribution in [0.15, 0.2) is 48.7 Å². The first-order chi connectivity index (χ1) is 17.3. The Hall–Kier alpha value is -3.43. The summed E-state index contributed by atoms with van der Waals surface area (Å²) in [5.41, 5.74) is 5.05. The Balaban J connectivity index is 1.21. The molecule has 0 saturated carbocycles. The first kappa shape index (κ1) is 23.0. The van der Waals surface area contributed by atoms with Crippen molar-refractivity contribution in [2.75, 3.05) is 30.0 Å². The Morgan fingerprint density at radius 1 is 1.22 bits per heavy atom. The van der Waals surface area contributed by atoms with E-state index >= 15 is 0 Å². The van der Waals surface area contributed by atoms with Gasteiger partial charge in [0.05, 0.1) is 36.7 Å². The van der Waals surface area contributed by atoms with E-state index in [0.717, 1.165) is 57.4 Å². The Morgan fingerprint density at radius 2 is 2.08 bits per heavy atom. The minimum absolute atomic E-state index is 0.0157. The Kier molecular flexibility index (Phi) is 5.69. The molecule has 6 rings (SSSR count). The third-order valence-electron chi connectivity index (χ3n) is 6.86. The van der Waals surface area contributed by atoms with E-state index < -0.39 is 0 Å². The standard InChI is InChI=1S/C27H30N6O2S/c1-27(2)14-22-24(25(34)31-27)36-26(30-22)33-9-10-35-16-21(33)12-17-5-4-6-19(11-17)29-20-7-8-23-18(13-20)15-28-32(23)3/h4-8,11,13,15,21,29H,9-10,12,14,16H2,1-3H3,(H,31,34). The number of thiazole rings is 1. The molecule has 4 aromatic rings. The monoisotopic (exact) mass is 502 g/mol. The van der Waals surface area contributed by atoms with Gasteiger partial charge in [0.15, 0.2) is 5.13 Å². The number of anilines is 3. The van der Waals surface area contributed by atoms with E-state index in [1.165, 1.54) is 16.9 Å². The molecule has 0 bridgehead atoms. The third kappa shape index (κ3) is 4.44. The van der Waals surface area contributed by atoms with Crippen LogP contribution in [0.5, 0.6) is 0 Å². The molecule has 8 nitrogen and oxygen atoms in total. The van der Waals surface area contributed by atoms with Gasteiger partial charge < -0.3 is 20.3 Å². The van der Waals surface area contributed by atoms with Gasteiger partial charge in [-0.25, -0.2) is 4.98 Å². The van der Waals surface area contributed by atoms with Crippen molar-refractivity contribution in [3.63, 3.8) is 0 Å². The molecule has 2 aliphatic rings. The number of hydrogen-bond acceptors (Lipinski definition) is 7. The van der Waals surface area contributed by atoms with Crippen LogP contribution in [0.1, 0.15) is 34.8 Å². The summed E-state index contributed by atoms with van der Waals surface area (Å²) in [5.74, 6) is -0.0157. The van der Waals surface area contributed by atoms with Gasteiger partial charge in [-0.3, -0.25) is 9.48 Å². The van der Waals surface area contributed by atoms with Crippen LogP contribution < -0.4 is 15.5 Å². The fourth-order valence-electron chi connectivity index (χ4n) is 5.12. The Morgan fingerprint density at radius 3 is 2.97 bits per heavy atom. The Bertz CT molecular complexity index is 1440. The first-order valence-electron chi connectivity index (χ1n) is 12.3. The number of aromatic nitrogens is 3. The van der Waals surface area contributed by atoms with Gasteiger partial charge >= 0.3 is 0 Å². The van der Waals surface area contributed by atoms with E-state index in [0.29, 0.717) is 13.2 Å². The Labute approximate surface area is 214 Å². The summed E-state index contributed by atoms with van der Waals surface area (Å²) in [4.78, 5) is 20.6. The summed E-state index contributed by atoms with van der Waals surface area (Å²) >= 11 is 1.50. The number of ether oxygens (including phenoxy) is 1. The maximum absolute atomic E-state index is 12.6. The second-order valence-electron chi connectivity index (χ2n) is 10.3. The molecular weight excluding hydrogens is 472 g/mol. The molecular formula is C27H30N6O2S. The van der Waals surface area contributed by atoms with Gasteiger partial charge in [0, 0.05) is 42.3 Å². The zero-order chi connectivity index (χ0) is 24.9. The van der Waals surface area contributed by atoms with E-state index in [-0.39, 0.29) is 17.5 Å². The molecule has 1 saturated heterocycles. The van der Waals surface area contributed by atoms with Crippen LogP contribution in [-0.2, 0) is 24.6 Å². The smallest absolute Gasteiger partial charge is 0.263 e. The molecule has 1 amide bonds. The van der Waals surface area contributed by atoms with E-state index in [2.05, 4.69) is 63.1 Å². The quantitative estimate of drug-likeness (QED) is 0.424. The highest BCUT2D eigenvalue weighted by molar-refractivity contribution is 7.17. The number of carbonyl (C=O) groups is 1. The lowest BCUT2D eigenvalue weighted by atomic mass is 9.94. The van der Waals surface area contributed by atoms with E-state index in [1.54, 1.807) is 0 Å². The van der Waals surface area contributed by atoms with Crippen LogP contribution in [0.3, 0.4) is 0 Å². The summed E-state index contributed by atoms with van der Waals surface area (Å²) in [6.07, 6.45) is 3.47. The van der Waals surface area contributed by atoms with Crippen molar-refractivity contribution in [3.8, 4) is 0 Å². The molecule has 4 heterocycles. The van der Waals surface area contributed by atoms with E-state index in [9.17, 15) is 4.79 Å². The molecule has 0 aliphatic carbocycles. The summed E-state index contributed by atoms with van der Waals surface area (Å²) in [6.45, 7) is 6.15. The van der Waals surface area contributed by atoms with Gasteiger partial charge in [0.25, 0.3) is 5.91 Å². The van der Waals surface area contributed by atoms with Crippen LogP contribution in [0.2, 0.25) is 0 Å². The topological polar surface area (TPSA) is 84.3 Å². The van der Waals surface area contributed by atoms with E-state index in [4.69, 9.17) is 9.72 Å². The SMILES string of the molecule is Cn1ncc2cc(Nc3cccc(CC4COCCN4c4nc5c(s4)C(=O)NC(C)(C)C5)c3)ccc21. The fourth-order valence-corrected chi connectivity index (χ4v) is 6.19. The minimum Gasteiger partial charge on any atom is -0.377 e. The lowest BCUT2D eigenvalue weighted by molar-refractivity contribution is 0.0900. The number of nitrogens with one attached hydrogen (secondary N) is 2. The fraction of sp³-hybridized carbons (Fsp3) is 0.370. The highest BCUT2D eigenvalue weighted by Crippen LogP contribution is 2.34. The van der Waals surface area contributed by atoms with Gasteiger partial charge in [-0.2, -0.15) is 5.10 Å². The number of carbonyl (C=O) groups excluding carboxylic acids is 1. The number of aryl methyl sites for hydroxylation is 1. The van der Waals surface area contributed by atoms with Crippen LogP contribution in [-0.4, -0.2) is 52.0 Å². The van der Waals surface area contributed by atoms with Crippen LogP contribution >= 0.6 is 11.3 Å². The molecule has 0 spiro atoms. The zero-order valence-corrected chi connectivity index (χ0v) is 21.6. The average Bonchev–Trinajstić information content (AvgIpc) is 3.42. The second kappa shape index (κ2) is 8.90. The van der Waals surface area contributed by atoms with Crippen molar-refractivity contribution in [1.82, 2.24) is 20.1 Å². The molecule has 2 aromatic carbocycles. The van der Waals surface area contributed by atoms with Crippen LogP contribution in [0.25, 0.3) is 10.9 Å². The zero-order valence-electron chi connectivity index (χ0n) is 20.7. The van der Waals surface area contributed by atoms with Crippen molar-refractivity contribution < 1.29 is 9.53 Å². The minimum atomic E-state index is -0.269. The predicted octanol–water partition coefficient (Wildman–Crippen LogP) is 4.29. The number of rotatable bonds is 5. The van der Waals surface area contributed by atoms with Crippen molar-refractivity contribution in [2.24, 2.45) is 7.05 Å². The maximum Gasteiger partial charge on any atom is 0.263 e. The van der Waals surface area contributed by atoms with Gasteiger partial charge in [-0.1, -0.05) is 23.5 Å². The molecule has 1 atom stereocenters. The van der Waals surface area contributed by atoms with Crippen molar-refractivity contribution in [3.05, 3.63) is 64.8 Å². The molecule has 2 aliphatic heterocycles. The van der Waals surface area contributed by atoms with Crippen molar-refractivity contribution in [1.29, 1.82) is 0 Å². The maximum atomic E-state index is 12.6. The molecule has 9 heteroatoms. The first-order valence-corrected chi connectivity index (χ1v) is 13.1. The van der Waals surface area contributed by atoms with Crippen LogP contribution in [0, 0.1) is 0 Å². The predicted molar refractivity (Wildman–Crippen MR) is 143 cm³/mol. The normalized spacial score (nSPS) is 19.2. The highest BCUT2D eigenvalue weighted by Gasteiger charge is 2.35. The van der Waals surface area contributed by atoms with Gasteiger partial charge in [-0.05, 0) is 56.2 Å². The summed E-state index contributed by atoms with van der Waals surface area (Å²) in [5, 5.41) is 13.0. The largest absolute Gasteiger partial charge is 0.377 e. The molecule has 36 heavy (non-hydrogen) atoms. The molecule has 1 unspecified atom stereocenters. The molecule has 2 N–H and O–H groups in total. The van der Waals surface area contributed by atoms with Gasteiger partial charge in [0.2, 0.25) is 0 Å². The molecule has 2 aromatic heterocycles. The molecule has 1 fully saturated rings. The number of fused-ring (bicyclic) bond motifs is 2. The third-order valence-corrected chi connectivity index (χ3v) is 7.99. The lowest BCUT2D eigenvalue weighted by Gasteiger charge is -2.35. The number of amides is 1. The number of nitrogens with zero attached hydrogens (tertiary/aromatic N) is 4. The van der Waals surface area contributed by atoms with Gasteiger partial charge in [0.1, 0.15) is 4.88 Å². The lowest BCUT2D eigenvalue weighted by Crippen LogP contribution is -2.48. The van der Waals surface area contributed by atoms with Crippen molar-refractivity contribution in [2.45, 2.75) is 38.3 Å².